The Morgan fingerprint density at radius 2 is 1.86 bits per heavy atom. The highest BCUT2D eigenvalue weighted by atomic mass is 35.5. The van der Waals surface area contributed by atoms with Gasteiger partial charge in [-0.25, -0.2) is 4.79 Å². The number of imide groups is 1. The summed E-state index contributed by atoms with van der Waals surface area (Å²) in [7, 11) is 0. The maximum absolute atomic E-state index is 12.8. The van der Waals surface area contributed by atoms with Crippen LogP contribution < -0.4 is 5.32 Å². The van der Waals surface area contributed by atoms with Crippen LogP contribution in [0.5, 0.6) is 0 Å². The molecule has 1 N–H and O–H groups in total. The SMILES string of the molecule is CCCCOC(=O)c1cc(NC(=O)CN2C(=O)S/C(=C/c3ccc(C(C)C)cc3)C2=O)ccc1Cl. The Morgan fingerprint density at radius 1 is 1.14 bits per heavy atom. The predicted octanol–water partition coefficient (Wildman–Crippen LogP) is 6.10. The number of carbonyl (C=O) groups is 4. The number of nitrogens with one attached hydrogen (secondary N) is 1. The smallest absolute Gasteiger partial charge is 0.339 e. The molecule has 1 fully saturated rings. The molecule has 0 aromatic heterocycles. The third-order valence-corrected chi connectivity index (χ3v) is 6.51. The number of ether oxygens (including phenoxy) is 1. The number of halogens is 1. The normalized spacial score (nSPS) is 14.7. The van der Waals surface area contributed by atoms with Crippen molar-refractivity contribution in [3.8, 4) is 0 Å². The number of amides is 3. The molecule has 3 rings (SSSR count). The van der Waals surface area contributed by atoms with Crippen LogP contribution in [0.3, 0.4) is 0 Å². The highest BCUT2D eigenvalue weighted by Crippen LogP contribution is 2.32. The lowest BCUT2D eigenvalue weighted by Crippen LogP contribution is -2.36. The Hall–Kier alpha value is -3.10. The average molecular weight is 515 g/mol. The Bertz CT molecular complexity index is 1160. The lowest BCUT2D eigenvalue weighted by atomic mass is 10.0. The van der Waals surface area contributed by atoms with Gasteiger partial charge in [0.15, 0.2) is 0 Å². The number of esters is 1. The highest BCUT2D eigenvalue weighted by molar-refractivity contribution is 8.18. The Labute approximate surface area is 213 Å². The van der Waals surface area contributed by atoms with Gasteiger partial charge in [0.05, 0.1) is 22.1 Å². The van der Waals surface area contributed by atoms with Crippen molar-refractivity contribution in [2.24, 2.45) is 0 Å². The summed E-state index contributed by atoms with van der Waals surface area (Å²) in [5.41, 5.74) is 2.39. The van der Waals surface area contributed by atoms with Crippen molar-refractivity contribution in [2.75, 3.05) is 18.5 Å². The summed E-state index contributed by atoms with van der Waals surface area (Å²) in [6.45, 7) is 5.99. The highest BCUT2D eigenvalue weighted by Gasteiger charge is 2.36. The first kappa shape index (κ1) is 26.5. The molecule has 0 spiro atoms. The van der Waals surface area contributed by atoms with Gasteiger partial charge in [-0.1, -0.05) is 63.1 Å². The Morgan fingerprint density at radius 3 is 2.51 bits per heavy atom. The van der Waals surface area contributed by atoms with Gasteiger partial charge in [0.1, 0.15) is 6.54 Å². The summed E-state index contributed by atoms with van der Waals surface area (Å²) < 4.78 is 5.18. The van der Waals surface area contributed by atoms with E-state index in [0.717, 1.165) is 35.1 Å². The van der Waals surface area contributed by atoms with Gasteiger partial charge in [0, 0.05) is 5.69 Å². The third kappa shape index (κ3) is 6.96. The van der Waals surface area contributed by atoms with Gasteiger partial charge < -0.3 is 10.1 Å². The largest absolute Gasteiger partial charge is 0.462 e. The molecule has 3 amide bonds. The molecule has 0 aliphatic carbocycles. The number of hydrogen-bond acceptors (Lipinski definition) is 6. The van der Waals surface area contributed by atoms with Crippen molar-refractivity contribution in [3.05, 3.63) is 69.1 Å². The van der Waals surface area contributed by atoms with Gasteiger partial charge in [-0.2, -0.15) is 0 Å². The minimum Gasteiger partial charge on any atom is -0.462 e. The first-order chi connectivity index (χ1) is 16.7. The van der Waals surface area contributed by atoms with Crippen molar-refractivity contribution in [3.63, 3.8) is 0 Å². The second-order valence-corrected chi connectivity index (χ2v) is 9.72. The van der Waals surface area contributed by atoms with E-state index in [1.165, 1.54) is 23.8 Å². The molecule has 9 heteroatoms. The molecule has 1 saturated heterocycles. The zero-order chi connectivity index (χ0) is 25.5. The van der Waals surface area contributed by atoms with E-state index in [1.807, 2.05) is 31.2 Å². The minimum absolute atomic E-state index is 0.123. The molecule has 1 heterocycles. The fourth-order valence-corrected chi connectivity index (χ4v) is 4.29. The average Bonchev–Trinajstić information content (AvgIpc) is 3.08. The van der Waals surface area contributed by atoms with E-state index < -0.39 is 29.6 Å². The van der Waals surface area contributed by atoms with Crippen LogP contribution >= 0.6 is 23.4 Å². The number of nitrogens with zero attached hydrogens (tertiary/aromatic N) is 1. The molecule has 1 aliphatic rings. The van der Waals surface area contributed by atoms with Gasteiger partial charge in [-0.15, -0.1) is 0 Å². The molecular weight excluding hydrogens is 488 g/mol. The first-order valence-electron chi connectivity index (χ1n) is 11.3. The van der Waals surface area contributed by atoms with Crippen molar-refractivity contribution in [1.82, 2.24) is 4.90 Å². The summed E-state index contributed by atoms with van der Waals surface area (Å²) in [5.74, 6) is -1.31. The molecule has 7 nitrogen and oxygen atoms in total. The van der Waals surface area contributed by atoms with Crippen LogP contribution in [0.15, 0.2) is 47.4 Å². The van der Waals surface area contributed by atoms with Gasteiger partial charge in [0.25, 0.3) is 11.1 Å². The van der Waals surface area contributed by atoms with Crippen LogP contribution in [-0.2, 0) is 14.3 Å². The summed E-state index contributed by atoms with van der Waals surface area (Å²) in [6.07, 6.45) is 3.25. The van der Waals surface area contributed by atoms with Crippen LogP contribution in [0.4, 0.5) is 10.5 Å². The third-order valence-electron chi connectivity index (χ3n) is 5.28. The monoisotopic (exact) mass is 514 g/mol. The van der Waals surface area contributed by atoms with Crippen LogP contribution in [-0.4, -0.2) is 41.1 Å². The molecule has 0 saturated carbocycles. The van der Waals surface area contributed by atoms with Gasteiger partial charge in [0.2, 0.25) is 5.91 Å². The molecule has 184 valence electrons. The molecule has 1 aliphatic heterocycles. The van der Waals surface area contributed by atoms with Crippen LogP contribution in [0.1, 0.15) is 61.0 Å². The maximum atomic E-state index is 12.8. The lowest BCUT2D eigenvalue weighted by molar-refractivity contribution is -0.127. The van der Waals surface area contributed by atoms with Gasteiger partial charge in [-0.05, 0) is 59.5 Å². The number of unbranched alkanes of at least 4 members (excludes halogenated alkanes) is 1. The summed E-state index contributed by atoms with van der Waals surface area (Å²) >= 11 is 6.90. The van der Waals surface area contributed by atoms with Crippen molar-refractivity contribution < 1.29 is 23.9 Å². The van der Waals surface area contributed by atoms with E-state index in [0.29, 0.717) is 11.6 Å². The van der Waals surface area contributed by atoms with E-state index in [2.05, 4.69) is 19.2 Å². The Balaban J connectivity index is 1.65. The number of carbonyl (C=O) groups excluding carboxylic acids is 4. The molecule has 35 heavy (non-hydrogen) atoms. The quantitative estimate of drug-likeness (QED) is 0.247. The topological polar surface area (TPSA) is 92.8 Å². The van der Waals surface area contributed by atoms with Crippen LogP contribution in [0.2, 0.25) is 5.02 Å². The molecule has 2 aromatic carbocycles. The van der Waals surface area contributed by atoms with Crippen molar-refractivity contribution in [1.29, 1.82) is 0 Å². The van der Waals surface area contributed by atoms with Gasteiger partial charge in [-0.3, -0.25) is 19.3 Å². The predicted molar refractivity (Wildman–Crippen MR) is 138 cm³/mol. The van der Waals surface area contributed by atoms with Crippen molar-refractivity contribution >= 4 is 58.1 Å². The van der Waals surface area contributed by atoms with E-state index in [-0.39, 0.29) is 22.1 Å². The molecular formula is C26H27ClN2O5S. The maximum Gasteiger partial charge on any atom is 0.339 e. The fourth-order valence-electron chi connectivity index (χ4n) is 3.26. The van der Waals surface area contributed by atoms with E-state index in [9.17, 15) is 19.2 Å². The molecule has 0 bridgehead atoms. The number of hydrogen-bond donors (Lipinski definition) is 1. The summed E-state index contributed by atoms with van der Waals surface area (Å²) in [5, 5.41) is 2.28. The fraction of sp³-hybridized carbons (Fsp3) is 0.308. The van der Waals surface area contributed by atoms with Gasteiger partial charge >= 0.3 is 5.97 Å². The second kappa shape index (κ2) is 12.0. The number of benzene rings is 2. The zero-order valence-corrected chi connectivity index (χ0v) is 21.4. The number of anilines is 1. The molecule has 0 radical (unpaired) electrons. The first-order valence-corrected chi connectivity index (χ1v) is 12.5. The second-order valence-electron chi connectivity index (χ2n) is 8.32. The summed E-state index contributed by atoms with van der Waals surface area (Å²) in [6, 6.07) is 12.1. The van der Waals surface area contributed by atoms with Crippen LogP contribution in [0.25, 0.3) is 6.08 Å². The number of rotatable bonds is 9. The van der Waals surface area contributed by atoms with E-state index >= 15 is 0 Å². The Kier molecular flexibility index (Phi) is 9.12. The van der Waals surface area contributed by atoms with E-state index in [4.69, 9.17) is 16.3 Å². The molecule has 0 atom stereocenters. The molecule has 2 aromatic rings. The van der Waals surface area contributed by atoms with E-state index in [1.54, 1.807) is 6.08 Å². The molecule has 0 unspecified atom stereocenters. The standard InChI is InChI=1S/C26H27ClN2O5S/c1-4-5-12-34-25(32)20-14-19(10-11-21(20)27)28-23(30)15-29-24(31)22(35-26(29)33)13-17-6-8-18(9-7-17)16(2)3/h6-11,13-14,16H,4-5,12,15H2,1-3H3,(H,28,30)/b22-13+. The summed E-state index contributed by atoms with van der Waals surface area (Å²) in [4.78, 5) is 51.1. The van der Waals surface area contributed by atoms with Crippen molar-refractivity contribution in [2.45, 2.75) is 39.5 Å². The van der Waals surface area contributed by atoms with Crippen LogP contribution in [0, 0.1) is 0 Å². The zero-order valence-electron chi connectivity index (χ0n) is 19.8. The number of thioether (sulfide) groups is 1. The lowest BCUT2D eigenvalue weighted by Gasteiger charge is -2.13. The minimum atomic E-state index is -0.586.